The lowest BCUT2D eigenvalue weighted by Crippen LogP contribution is -2.11. The number of fused-ring (bicyclic) bond motifs is 1. The second-order valence-electron chi connectivity index (χ2n) is 4.03. The van der Waals surface area contributed by atoms with Crippen molar-refractivity contribution in [3.05, 3.63) is 51.2 Å². The Morgan fingerprint density at radius 1 is 1.35 bits per heavy atom. The molecule has 0 saturated carbocycles. The van der Waals surface area contributed by atoms with Crippen LogP contribution in [0.5, 0.6) is 5.75 Å². The van der Waals surface area contributed by atoms with Gasteiger partial charge in [-0.1, -0.05) is 29.8 Å². The molecule has 0 saturated heterocycles. The van der Waals surface area contributed by atoms with E-state index in [1.54, 1.807) is 0 Å². The summed E-state index contributed by atoms with van der Waals surface area (Å²) in [5.41, 5.74) is 1.06. The average Bonchev–Trinajstić information content (AvgIpc) is 2.94. The molecule has 88 valence electrons. The van der Waals surface area contributed by atoms with Crippen LogP contribution in [-0.4, -0.2) is 11.7 Å². The summed E-state index contributed by atoms with van der Waals surface area (Å²) in [6.07, 6.45) is -0.592. The Morgan fingerprint density at radius 3 is 2.94 bits per heavy atom. The number of rotatable bonds is 2. The van der Waals surface area contributed by atoms with Crippen LogP contribution in [0.3, 0.4) is 0 Å². The van der Waals surface area contributed by atoms with Gasteiger partial charge in [-0.2, -0.15) is 0 Å². The first-order valence-electron chi connectivity index (χ1n) is 5.40. The molecule has 0 amide bonds. The van der Waals surface area contributed by atoms with Gasteiger partial charge in [0, 0.05) is 5.56 Å². The summed E-state index contributed by atoms with van der Waals surface area (Å²) in [4.78, 5) is 0.817. The Balaban J connectivity index is 1.95. The average molecular weight is 267 g/mol. The van der Waals surface area contributed by atoms with Crippen LogP contribution in [0.2, 0.25) is 5.02 Å². The van der Waals surface area contributed by atoms with Crippen LogP contribution in [-0.2, 0) is 0 Å². The van der Waals surface area contributed by atoms with Gasteiger partial charge in [0.15, 0.2) is 0 Å². The van der Waals surface area contributed by atoms with Crippen LogP contribution in [0.4, 0.5) is 0 Å². The number of benzene rings is 1. The molecule has 2 atom stereocenters. The lowest BCUT2D eigenvalue weighted by molar-refractivity contribution is 0.133. The fourth-order valence-electron chi connectivity index (χ4n) is 2.15. The molecule has 1 N–H and O–H groups in total. The van der Waals surface area contributed by atoms with E-state index in [9.17, 15) is 5.11 Å². The van der Waals surface area contributed by atoms with E-state index in [2.05, 4.69) is 0 Å². The van der Waals surface area contributed by atoms with Crippen molar-refractivity contribution in [2.75, 3.05) is 6.61 Å². The van der Waals surface area contributed by atoms with Crippen molar-refractivity contribution in [3.8, 4) is 5.75 Å². The Morgan fingerprint density at radius 2 is 2.18 bits per heavy atom. The molecule has 2 nitrogen and oxygen atoms in total. The standard InChI is InChI=1S/C13H11ClO2S/c14-10-5-6-17-13(10)12(15)9-7-16-11-4-2-1-3-8(9)11/h1-6,9,12,15H,7H2. The van der Waals surface area contributed by atoms with Gasteiger partial charge in [-0.25, -0.2) is 0 Å². The number of aliphatic hydroxyl groups excluding tert-OH is 1. The SMILES string of the molecule is OC(c1sccc1Cl)C1COc2ccccc21. The second-order valence-corrected chi connectivity index (χ2v) is 5.39. The molecule has 2 aromatic rings. The zero-order valence-corrected chi connectivity index (χ0v) is 10.5. The molecule has 0 fully saturated rings. The number of hydrogen-bond acceptors (Lipinski definition) is 3. The highest BCUT2D eigenvalue weighted by atomic mass is 35.5. The highest BCUT2D eigenvalue weighted by molar-refractivity contribution is 7.10. The smallest absolute Gasteiger partial charge is 0.123 e. The van der Waals surface area contributed by atoms with Gasteiger partial charge < -0.3 is 9.84 Å². The molecule has 1 aliphatic heterocycles. The lowest BCUT2D eigenvalue weighted by atomic mass is 9.94. The van der Waals surface area contributed by atoms with E-state index in [-0.39, 0.29) is 5.92 Å². The molecule has 3 rings (SSSR count). The first-order chi connectivity index (χ1) is 8.27. The molecular weight excluding hydrogens is 256 g/mol. The Hall–Kier alpha value is -1.03. The third-order valence-electron chi connectivity index (χ3n) is 3.03. The summed E-state index contributed by atoms with van der Waals surface area (Å²) in [5.74, 6) is 0.839. The van der Waals surface area contributed by atoms with Crippen LogP contribution < -0.4 is 4.74 Å². The summed E-state index contributed by atoms with van der Waals surface area (Å²) in [6, 6.07) is 9.64. The summed E-state index contributed by atoms with van der Waals surface area (Å²) in [6.45, 7) is 0.509. The fraction of sp³-hybridized carbons (Fsp3) is 0.231. The molecular formula is C13H11ClO2S. The third kappa shape index (κ3) is 1.84. The van der Waals surface area contributed by atoms with Crippen LogP contribution in [0.25, 0.3) is 0 Å². The maximum atomic E-state index is 10.4. The maximum Gasteiger partial charge on any atom is 0.123 e. The second kappa shape index (κ2) is 4.33. The Bertz CT molecular complexity index is 538. The Kier molecular flexibility index (Phi) is 2.82. The molecule has 0 aliphatic carbocycles. The van der Waals surface area contributed by atoms with Crippen molar-refractivity contribution in [3.63, 3.8) is 0 Å². The number of para-hydroxylation sites is 1. The summed E-state index contributed by atoms with van der Waals surface area (Å²) < 4.78 is 5.57. The summed E-state index contributed by atoms with van der Waals surface area (Å²) >= 11 is 7.53. The molecule has 0 radical (unpaired) electrons. The predicted octanol–water partition coefficient (Wildman–Crippen LogP) is 3.61. The van der Waals surface area contributed by atoms with Gasteiger partial charge >= 0.3 is 0 Å². The molecule has 2 unspecified atom stereocenters. The van der Waals surface area contributed by atoms with Crippen molar-refractivity contribution >= 4 is 22.9 Å². The zero-order valence-electron chi connectivity index (χ0n) is 8.97. The van der Waals surface area contributed by atoms with E-state index in [4.69, 9.17) is 16.3 Å². The topological polar surface area (TPSA) is 29.5 Å². The largest absolute Gasteiger partial charge is 0.493 e. The van der Waals surface area contributed by atoms with Gasteiger partial charge in [0.2, 0.25) is 0 Å². The maximum absolute atomic E-state index is 10.4. The predicted molar refractivity (Wildman–Crippen MR) is 69.0 cm³/mol. The molecule has 1 aromatic heterocycles. The van der Waals surface area contributed by atoms with Crippen molar-refractivity contribution in [1.82, 2.24) is 0 Å². The van der Waals surface area contributed by atoms with Gasteiger partial charge in [-0.15, -0.1) is 11.3 Å². The minimum atomic E-state index is -0.592. The molecule has 17 heavy (non-hydrogen) atoms. The van der Waals surface area contributed by atoms with Crippen molar-refractivity contribution in [2.45, 2.75) is 12.0 Å². The lowest BCUT2D eigenvalue weighted by Gasteiger charge is -2.16. The van der Waals surface area contributed by atoms with Crippen molar-refractivity contribution in [2.24, 2.45) is 0 Å². The van der Waals surface area contributed by atoms with E-state index in [0.717, 1.165) is 16.2 Å². The van der Waals surface area contributed by atoms with E-state index >= 15 is 0 Å². The van der Waals surface area contributed by atoms with Gasteiger partial charge in [0.25, 0.3) is 0 Å². The van der Waals surface area contributed by atoms with Crippen molar-refractivity contribution in [1.29, 1.82) is 0 Å². The molecule has 4 heteroatoms. The minimum absolute atomic E-state index is 0.0256. The quantitative estimate of drug-likeness (QED) is 0.900. The van der Waals surface area contributed by atoms with E-state index in [1.165, 1.54) is 11.3 Å². The van der Waals surface area contributed by atoms with Gasteiger partial charge in [-0.05, 0) is 17.5 Å². The number of aliphatic hydroxyl groups is 1. The Labute approximate surface area is 108 Å². The molecule has 0 bridgehead atoms. The molecule has 0 spiro atoms. The third-order valence-corrected chi connectivity index (χ3v) is 4.46. The zero-order chi connectivity index (χ0) is 11.8. The highest BCUT2D eigenvalue weighted by Gasteiger charge is 2.32. The van der Waals surface area contributed by atoms with Crippen LogP contribution in [0, 0.1) is 0 Å². The van der Waals surface area contributed by atoms with E-state index in [0.29, 0.717) is 11.6 Å². The summed E-state index contributed by atoms with van der Waals surface area (Å²) in [5, 5.41) is 12.9. The monoisotopic (exact) mass is 266 g/mol. The first-order valence-corrected chi connectivity index (χ1v) is 6.66. The van der Waals surface area contributed by atoms with Gasteiger partial charge in [-0.3, -0.25) is 0 Å². The molecule has 1 aliphatic rings. The fourth-order valence-corrected chi connectivity index (χ4v) is 3.37. The van der Waals surface area contributed by atoms with Crippen LogP contribution in [0.15, 0.2) is 35.7 Å². The number of hydrogen-bond donors (Lipinski definition) is 1. The van der Waals surface area contributed by atoms with Crippen molar-refractivity contribution < 1.29 is 9.84 Å². The first kappa shape index (κ1) is 11.1. The molecule has 1 aromatic carbocycles. The van der Waals surface area contributed by atoms with E-state index < -0.39 is 6.10 Å². The van der Waals surface area contributed by atoms with Crippen LogP contribution in [0.1, 0.15) is 22.5 Å². The van der Waals surface area contributed by atoms with Gasteiger partial charge in [0.05, 0.1) is 28.5 Å². The van der Waals surface area contributed by atoms with Gasteiger partial charge in [0.1, 0.15) is 5.75 Å². The normalized spacial score (nSPS) is 19.8. The number of halogens is 1. The summed E-state index contributed by atoms with van der Waals surface area (Å²) in [7, 11) is 0. The minimum Gasteiger partial charge on any atom is -0.493 e. The highest BCUT2D eigenvalue weighted by Crippen LogP contribution is 2.43. The number of ether oxygens (including phenoxy) is 1. The molecule has 2 heterocycles. The van der Waals surface area contributed by atoms with Crippen LogP contribution >= 0.6 is 22.9 Å². The number of thiophene rings is 1. The van der Waals surface area contributed by atoms with E-state index in [1.807, 2.05) is 35.7 Å².